The summed E-state index contributed by atoms with van der Waals surface area (Å²) >= 11 is 0. The standard InChI is InChI=1S/C4H6O2/c1-2-3-6-4-5/h2H,3H2,1H3. The highest BCUT2D eigenvalue weighted by atomic mass is 16.5. The van der Waals surface area contributed by atoms with Crippen LogP contribution in [0.25, 0.3) is 0 Å². The summed E-state index contributed by atoms with van der Waals surface area (Å²) in [4.78, 5) is 9.20. The summed E-state index contributed by atoms with van der Waals surface area (Å²) in [7, 11) is 0. The van der Waals surface area contributed by atoms with Crippen molar-refractivity contribution in [2.75, 3.05) is 6.61 Å². The van der Waals surface area contributed by atoms with Crippen LogP contribution < -0.4 is 0 Å². The van der Waals surface area contributed by atoms with Gasteiger partial charge in [0, 0.05) is 0 Å². The third-order valence-electron chi connectivity index (χ3n) is 0.309. The summed E-state index contributed by atoms with van der Waals surface area (Å²) in [5.74, 6) is 0. The fourth-order valence-electron chi connectivity index (χ4n) is 0.117. The minimum absolute atomic E-state index is 0.365. The van der Waals surface area contributed by atoms with Crippen LogP contribution >= 0.6 is 0 Å². The lowest BCUT2D eigenvalue weighted by molar-refractivity contribution is 0.303. The first kappa shape index (κ1) is 5.47. The number of ether oxygens (including phenoxy) is 1. The van der Waals surface area contributed by atoms with Gasteiger partial charge in [-0.1, -0.05) is 6.92 Å². The van der Waals surface area contributed by atoms with E-state index in [2.05, 4.69) is 4.74 Å². The maximum atomic E-state index is 9.20. The van der Waals surface area contributed by atoms with Crippen molar-refractivity contribution < 1.29 is 9.53 Å². The highest BCUT2D eigenvalue weighted by Crippen LogP contribution is 1.69. The van der Waals surface area contributed by atoms with Gasteiger partial charge in [0.1, 0.15) is 0 Å². The fraction of sp³-hybridized carbons (Fsp3) is 0.500. The summed E-state index contributed by atoms with van der Waals surface area (Å²) in [5, 5.41) is 0. The molecule has 0 amide bonds. The number of hydrogen-bond acceptors (Lipinski definition) is 2. The molecule has 0 N–H and O–H groups in total. The van der Waals surface area contributed by atoms with Gasteiger partial charge in [0.15, 0.2) is 0 Å². The van der Waals surface area contributed by atoms with E-state index in [0.29, 0.717) is 6.61 Å². The normalized spacial score (nSPS) is 7.50. The van der Waals surface area contributed by atoms with Crippen LogP contribution in [-0.2, 0) is 9.53 Å². The van der Waals surface area contributed by atoms with Crippen LogP contribution in [0, 0.1) is 6.42 Å². The number of rotatable bonds is 3. The van der Waals surface area contributed by atoms with Crippen molar-refractivity contribution in [3.63, 3.8) is 0 Å². The predicted octanol–water partition coefficient (Wildman–Crippen LogP) is 0.294. The lowest BCUT2D eigenvalue weighted by Gasteiger charge is -1.84. The number of carbonyl (C=O) groups excluding carboxylic acids is 1. The molecule has 0 rings (SSSR count). The molecule has 0 aromatic rings. The van der Waals surface area contributed by atoms with Crippen molar-refractivity contribution in [3.05, 3.63) is 6.42 Å². The summed E-state index contributed by atoms with van der Waals surface area (Å²) in [6.07, 6.45) is 1.73. The van der Waals surface area contributed by atoms with E-state index in [1.165, 1.54) is 6.47 Å². The van der Waals surface area contributed by atoms with E-state index in [9.17, 15) is 4.79 Å². The quantitative estimate of drug-likeness (QED) is 0.461. The average Bonchev–Trinajstić information content (AvgIpc) is 1.61. The average molecular weight is 86.1 g/mol. The smallest absolute Gasteiger partial charge is 0.417 e. The second-order valence-corrected chi connectivity index (χ2v) is 0.803. The maximum absolute atomic E-state index is 9.20. The van der Waals surface area contributed by atoms with Crippen molar-refractivity contribution >= 4 is 6.47 Å². The molecule has 0 unspecified atom stereocenters. The summed E-state index contributed by atoms with van der Waals surface area (Å²) in [6.45, 7) is 3.45. The first-order valence-corrected chi connectivity index (χ1v) is 1.68. The predicted molar refractivity (Wildman–Crippen MR) is 21.6 cm³/mol. The van der Waals surface area contributed by atoms with E-state index in [4.69, 9.17) is 0 Å². The Morgan fingerprint density at radius 3 is 2.83 bits per heavy atom. The zero-order chi connectivity index (χ0) is 4.83. The van der Waals surface area contributed by atoms with E-state index in [-0.39, 0.29) is 0 Å². The molecular weight excluding hydrogens is 80.0 g/mol. The molecule has 0 aromatic heterocycles. The molecule has 0 aromatic carbocycles. The molecule has 0 bridgehead atoms. The fourth-order valence-corrected chi connectivity index (χ4v) is 0.117. The Morgan fingerprint density at radius 2 is 2.67 bits per heavy atom. The van der Waals surface area contributed by atoms with Gasteiger partial charge in [-0.25, -0.2) is 4.79 Å². The van der Waals surface area contributed by atoms with Crippen molar-refractivity contribution in [1.29, 1.82) is 0 Å². The summed E-state index contributed by atoms with van der Waals surface area (Å²) < 4.78 is 4.12. The molecule has 6 heavy (non-hydrogen) atoms. The summed E-state index contributed by atoms with van der Waals surface area (Å²) in [5.41, 5.74) is 0. The first-order chi connectivity index (χ1) is 2.91. The minimum Gasteiger partial charge on any atom is -0.457 e. The molecule has 2 nitrogen and oxygen atoms in total. The van der Waals surface area contributed by atoms with Crippen LogP contribution in [0.4, 0.5) is 0 Å². The summed E-state index contributed by atoms with van der Waals surface area (Å²) in [6, 6.07) is 0. The topological polar surface area (TPSA) is 26.3 Å². The Morgan fingerprint density at radius 1 is 2.00 bits per heavy atom. The molecule has 0 heterocycles. The van der Waals surface area contributed by atoms with Crippen molar-refractivity contribution in [1.82, 2.24) is 0 Å². The highest BCUT2D eigenvalue weighted by molar-refractivity contribution is 5.38. The molecule has 2 radical (unpaired) electrons. The van der Waals surface area contributed by atoms with Crippen molar-refractivity contribution in [2.45, 2.75) is 6.92 Å². The second kappa shape index (κ2) is 4.47. The van der Waals surface area contributed by atoms with Crippen LogP contribution in [0.15, 0.2) is 0 Å². The molecule has 0 aliphatic rings. The molecule has 0 fully saturated rings. The molecular formula is C4H6O2. The van der Waals surface area contributed by atoms with E-state index < -0.39 is 0 Å². The van der Waals surface area contributed by atoms with Crippen LogP contribution in [0.1, 0.15) is 6.92 Å². The molecule has 0 aliphatic heterocycles. The van der Waals surface area contributed by atoms with Crippen LogP contribution in [0.2, 0.25) is 0 Å². The van der Waals surface area contributed by atoms with Gasteiger partial charge in [-0.15, -0.1) is 0 Å². The molecule has 0 saturated heterocycles. The zero-order valence-electron chi connectivity index (χ0n) is 3.60. The van der Waals surface area contributed by atoms with Gasteiger partial charge in [0.05, 0.1) is 6.61 Å². The molecule has 0 spiro atoms. The maximum Gasteiger partial charge on any atom is 0.417 e. The molecule has 0 atom stereocenters. The van der Waals surface area contributed by atoms with Crippen molar-refractivity contribution in [3.8, 4) is 0 Å². The van der Waals surface area contributed by atoms with Gasteiger partial charge >= 0.3 is 6.47 Å². The number of hydrogen-bond donors (Lipinski definition) is 0. The Balaban J connectivity index is 2.49. The second-order valence-electron chi connectivity index (χ2n) is 0.803. The Labute approximate surface area is 37.1 Å². The van der Waals surface area contributed by atoms with E-state index >= 15 is 0 Å². The third kappa shape index (κ3) is 3.47. The van der Waals surface area contributed by atoms with Gasteiger partial charge < -0.3 is 4.74 Å². The monoisotopic (exact) mass is 86.0 g/mol. The Hall–Kier alpha value is -0.530. The van der Waals surface area contributed by atoms with Gasteiger partial charge in [0.25, 0.3) is 0 Å². The first-order valence-electron chi connectivity index (χ1n) is 1.68. The molecule has 0 saturated carbocycles. The van der Waals surface area contributed by atoms with E-state index in [0.717, 1.165) is 0 Å². The largest absolute Gasteiger partial charge is 0.457 e. The van der Waals surface area contributed by atoms with E-state index in [1.54, 1.807) is 13.3 Å². The zero-order valence-corrected chi connectivity index (χ0v) is 3.60. The van der Waals surface area contributed by atoms with Gasteiger partial charge in [0.2, 0.25) is 0 Å². The van der Waals surface area contributed by atoms with Gasteiger partial charge in [-0.05, 0) is 6.42 Å². The van der Waals surface area contributed by atoms with E-state index in [1.807, 2.05) is 0 Å². The minimum atomic E-state index is 0.365. The Bertz CT molecular complexity index is 34.5. The van der Waals surface area contributed by atoms with Gasteiger partial charge in [-0.3, -0.25) is 0 Å². The highest BCUT2D eigenvalue weighted by Gasteiger charge is 1.74. The van der Waals surface area contributed by atoms with Gasteiger partial charge in [-0.2, -0.15) is 0 Å². The van der Waals surface area contributed by atoms with Crippen LogP contribution in [0.3, 0.4) is 0 Å². The lowest BCUT2D eigenvalue weighted by Crippen LogP contribution is -1.86. The Kier molecular flexibility index (Phi) is 4.08. The SMILES string of the molecule is C[CH]CO[C]=O. The van der Waals surface area contributed by atoms with Crippen molar-refractivity contribution in [2.24, 2.45) is 0 Å². The molecule has 34 valence electrons. The third-order valence-corrected chi connectivity index (χ3v) is 0.309. The molecule has 2 heteroatoms. The van der Waals surface area contributed by atoms with Crippen LogP contribution in [-0.4, -0.2) is 13.1 Å². The lowest BCUT2D eigenvalue weighted by atomic mass is 10.5. The van der Waals surface area contributed by atoms with Crippen LogP contribution in [0.5, 0.6) is 0 Å². The molecule has 0 aliphatic carbocycles.